The van der Waals surface area contributed by atoms with Crippen LogP contribution in [0, 0.1) is 28.1 Å². The second kappa shape index (κ2) is 4.77. The number of carbonyl (C=O) groups is 1. The lowest BCUT2D eigenvalue weighted by atomic mass is 9.67. The number of nitrogens with zero attached hydrogens (tertiary/aromatic N) is 4. The summed E-state index contributed by atoms with van der Waals surface area (Å²) in [6.07, 6.45) is 1.52. The van der Waals surface area contributed by atoms with E-state index in [1.165, 1.54) is 0 Å². The molecule has 2 unspecified atom stereocenters. The first-order valence-corrected chi connectivity index (χ1v) is 8.13. The molecular weight excluding hydrogens is 302 g/mol. The van der Waals surface area contributed by atoms with Crippen LogP contribution in [0.3, 0.4) is 0 Å². The van der Waals surface area contributed by atoms with Crippen molar-refractivity contribution >= 4 is 5.91 Å². The van der Waals surface area contributed by atoms with Gasteiger partial charge in [0.15, 0.2) is 11.4 Å². The zero-order valence-corrected chi connectivity index (χ0v) is 14.7. The Kier molecular flexibility index (Phi) is 3.26. The summed E-state index contributed by atoms with van der Waals surface area (Å²) in [7, 11) is 0. The SMILES string of the molecule is CC(C)(C)NC(=O)C12CCC(c3nc(C#N)c(C#N)nc31)C2(C)C. The summed E-state index contributed by atoms with van der Waals surface area (Å²) in [4.78, 5) is 22.1. The quantitative estimate of drug-likeness (QED) is 0.854. The van der Waals surface area contributed by atoms with E-state index < -0.39 is 5.41 Å². The number of hydrogen-bond acceptors (Lipinski definition) is 5. The largest absolute Gasteiger partial charge is 0.351 e. The molecule has 0 saturated heterocycles. The third-order valence-electron chi connectivity index (χ3n) is 5.52. The van der Waals surface area contributed by atoms with Crippen LogP contribution >= 0.6 is 0 Å². The molecule has 0 radical (unpaired) electrons. The van der Waals surface area contributed by atoms with E-state index in [0.717, 1.165) is 6.42 Å². The molecule has 1 heterocycles. The maximum atomic E-state index is 13.2. The van der Waals surface area contributed by atoms with Crippen molar-refractivity contribution in [2.24, 2.45) is 5.41 Å². The van der Waals surface area contributed by atoms with Gasteiger partial charge in [-0.2, -0.15) is 10.5 Å². The zero-order valence-electron chi connectivity index (χ0n) is 14.7. The molecule has 1 saturated carbocycles. The summed E-state index contributed by atoms with van der Waals surface area (Å²) < 4.78 is 0. The average molecular weight is 323 g/mol. The minimum absolute atomic E-state index is 0.00235. The minimum Gasteiger partial charge on any atom is -0.351 e. The van der Waals surface area contributed by atoms with Gasteiger partial charge in [-0.1, -0.05) is 13.8 Å². The van der Waals surface area contributed by atoms with Crippen molar-refractivity contribution in [3.63, 3.8) is 0 Å². The maximum absolute atomic E-state index is 13.2. The van der Waals surface area contributed by atoms with Crippen LogP contribution in [0.15, 0.2) is 0 Å². The monoisotopic (exact) mass is 323 g/mol. The molecule has 1 fully saturated rings. The fraction of sp³-hybridized carbons (Fsp3) is 0.611. The molecule has 0 aromatic carbocycles. The third kappa shape index (κ3) is 1.89. The van der Waals surface area contributed by atoms with Gasteiger partial charge in [0.05, 0.1) is 16.8 Å². The Labute approximate surface area is 141 Å². The first-order valence-electron chi connectivity index (χ1n) is 8.13. The molecule has 2 bridgehead atoms. The van der Waals surface area contributed by atoms with Gasteiger partial charge < -0.3 is 5.32 Å². The molecule has 0 aliphatic heterocycles. The van der Waals surface area contributed by atoms with E-state index in [1.807, 2.05) is 32.9 Å². The molecule has 2 aliphatic carbocycles. The number of rotatable bonds is 1. The van der Waals surface area contributed by atoms with Crippen molar-refractivity contribution in [1.29, 1.82) is 10.5 Å². The van der Waals surface area contributed by atoms with Gasteiger partial charge in [-0.15, -0.1) is 0 Å². The van der Waals surface area contributed by atoms with Crippen molar-refractivity contribution in [1.82, 2.24) is 15.3 Å². The van der Waals surface area contributed by atoms with Crippen molar-refractivity contribution in [3.05, 3.63) is 22.8 Å². The second-order valence-electron chi connectivity index (χ2n) is 8.30. The summed E-state index contributed by atoms with van der Waals surface area (Å²) in [6, 6.07) is 3.89. The van der Waals surface area contributed by atoms with E-state index in [1.54, 1.807) is 0 Å². The molecule has 1 amide bonds. The molecule has 124 valence electrons. The Bertz CT molecular complexity index is 822. The van der Waals surface area contributed by atoms with E-state index in [9.17, 15) is 15.3 Å². The normalized spacial score (nSPS) is 26.4. The zero-order chi connectivity index (χ0) is 17.9. The number of aromatic nitrogens is 2. The van der Waals surface area contributed by atoms with Crippen LogP contribution < -0.4 is 5.32 Å². The van der Waals surface area contributed by atoms with Crippen LogP contribution in [0.5, 0.6) is 0 Å². The number of nitrogens with one attached hydrogen (secondary N) is 1. The molecule has 0 spiro atoms. The van der Waals surface area contributed by atoms with Crippen molar-refractivity contribution in [2.75, 3.05) is 0 Å². The van der Waals surface area contributed by atoms with Gasteiger partial charge in [-0.3, -0.25) is 4.79 Å². The molecular formula is C18H21N5O. The highest BCUT2D eigenvalue weighted by atomic mass is 16.2. The van der Waals surface area contributed by atoms with Crippen molar-refractivity contribution in [3.8, 4) is 12.1 Å². The molecule has 1 N–H and O–H groups in total. The summed E-state index contributed by atoms with van der Waals surface area (Å²) in [5, 5.41) is 21.6. The van der Waals surface area contributed by atoms with Crippen molar-refractivity contribution in [2.45, 2.75) is 64.3 Å². The highest BCUT2D eigenvalue weighted by Gasteiger charge is 2.68. The standard InChI is InChI=1S/C18H21N5O/c1-16(2,3)23-15(24)18-7-6-10(17(18,4)5)13-14(18)22-12(9-20)11(8-19)21-13/h10H,6-7H2,1-5H3,(H,23,24). The van der Waals surface area contributed by atoms with E-state index in [-0.39, 0.29) is 34.2 Å². The van der Waals surface area contributed by atoms with E-state index >= 15 is 0 Å². The molecule has 1 aromatic rings. The summed E-state index contributed by atoms with van der Waals surface area (Å²) >= 11 is 0. The molecule has 6 heteroatoms. The fourth-order valence-corrected chi connectivity index (χ4v) is 4.37. The molecule has 6 nitrogen and oxygen atoms in total. The molecule has 3 rings (SSSR count). The summed E-state index contributed by atoms with van der Waals surface area (Å²) in [5.41, 5.74) is -0.167. The Balaban J connectivity index is 2.24. The Hall–Kier alpha value is -2.47. The molecule has 2 atom stereocenters. The Morgan fingerprint density at radius 3 is 2.33 bits per heavy atom. The molecule has 1 aromatic heterocycles. The molecule has 2 aliphatic rings. The summed E-state index contributed by atoms with van der Waals surface area (Å²) in [6.45, 7) is 9.97. The van der Waals surface area contributed by atoms with Gasteiger partial charge in [-0.05, 0) is 39.0 Å². The smallest absolute Gasteiger partial charge is 0.233 e. The fourth-order valence-electron chi connectivity index (χ4n) is 4.37. The number of hydrogen-bond donors (Lipinski definition) is 1. The Morgan fingerprint density at radius 2 is 1.79 bits per heavy atom. The van der Waals surface area contributed by atoms with Crippen LogP contribution in [0.4, 0.5) is 0 Å². The van der Waals surface area contributed by atoms with Gasteiger partial charge in [0.2, 0.25) is 5.91 Å². The number of amides is 1. The second-order valence-corrected chi connectivity index (χ2v) is 8.30. The van der Waals surface area contributed by atoms with Gasteiger partial charge in [-0.25, -0.2) is 9.97 Å². The lowest BCUT2D eigenvalue weighted by Crippen LogP contribution is -2.54. The number of carbonyl (C=O) groups excluding carboxylic acids is 1. The van der Waals surface area contributed by atoms with E-state index in [4.69, 9.17) is 0 Å². The minimum atomic E-state index is -0.799. The average Bonchev–Trinajstić information content (AvgIpc) is 2.86. The van der Waals surface area contributed by atoms with E-state index in [2.05, 4.69) is 29.1 Å². The maximum Gasteiger partial charge on any atom is 0.233 e. The van der Waals surface area contributed by atoms with E-state index in [0.29, 0.717) is 17.8 Å². The predicted molar refractivity (Wildman–Crippen MR) is 86.8 cm³/mol. The topological polar surface area (TPSA) is 102 Å². The van der Waals surface area contributed by atoms with Crippen LogP contribution in [0.25, 0.3) is 0 Å². The van der Waals surface area contributed by atoms with Crippen LogP contribution in [-0.2, 0) is 10.2 Å². The lowest BCUT2D eigenvalue weighted by molar-refractivity contribution is -0.131. The first-order chi connectivity index (χ1) is 11.1. The predicted octanol–water partition coefficient (Wildman–Crippen LogP) is 2.29. The number of fused-ring (bicyclic) bond motifs is 5. The van der Waals surface area contributed by atoms with Crippen LogP contribution in [-0.4, -0.2) is 21.4 Å². The third-order valence-corrected chi connectivity index (χ3v) is 5.52. The van der Waals surface area contributed by atoms with Crippen LogP contribution in [0.1, 0.15) is 76.2 Å². The van der Waals surface area contributed by atoms with Crippen molar-refractivity contribution < 1.29 is 4.79 Å². The first kappa shape index (κ1) is 16.4. The van der Waals surface area contributed by atoms with Crippen LogP contribution in [0.2, 0.25) is 0 Å². The highest BCUT2D eigenvalue weighted by molar-refractivity contribution is 5.92. The van der Waals surface area contributed by atoms with Gasteiger partial charge in [0.1, 0.15) is 12.1 Å². The number of nitriles is 2. The highest BCUT2D eigenvalue weighted by Crippen LogP contribution is 2.67. The van der Waals surface area contributed by atoms with Gasteiger partial charge >= 0.3 is 0 Å². The molecule has 24 heavy (non-hydrogen) atoms. The lowest BCUT2D eigenvalue weighted by Gasteiger charge is -2.38. The van der Waals surface area contributed by atoms with Gasteiger partial charge in [0, 0.05) is 11.5 Å². The van der Waals surface area contributed by atoms with Gasteiger partial charge in [0.25, 0.3) is 0 Å². The summed E-state index contributed by atoms with van der Waals surface area (Å²) in [5.74, 6) is 0.00899. The Morgan fingerprint density at radius 1 is 1.21 bits per heavy atom.